The van der Waals surface area contributed by atoms with Gasteiger partial charge in [-0.25, -0.2) is 4.79 Å². The van der Waals surface area contributed by atoms with E-state index in [1.807, 2.05) is 31.2 Å². The van der Waals surface area contributed by atoms with E-state index in [2.05, 4.69) is 16.7 Å². The zero-order valence-electron chi connectivity index (χ0n) is 13.2. The number of benzene rings is 1. The van der Waals surface area contributed by atoms with Crippen molar-refractivity contribution in [3.05, 3.63) is 29.8 Å². The molecule has 1 aromatic rings. The van der Waals surface area contributed by atoms with Crippen molar-refractivity contribution in [3.8, 4) is 6.07 Å². The Bertz CT molecular complexity index is 529. The van der Waals surface area contributed by atoms with Crippen molar-refractivity contribution in [3.63, 3.8) is 0 Å². The smallest absolute Gasteiger partial charge is 0.407 e. The summed E-state index contributed by atoms with van der Waals surface area (Å²) in [5.74, 6) is 0. The largest absolute Gasteiger partial charge is 0.444 e. The maximum atomic E-state index is 11.7. The number of carbonyl (C=O) groups is 1. The molecule has 0 spiro atoms. The van der Waals surface area contributed by atoms with E-state index in [4.69, 9.17) is 4.74 Å². The number of ether oxygens (including phenoxy) is 1. The highest BCUT2D eigenvalue weighted by molar-refractivity contribution is 5.68. The van der Waals surface area contributed by atoms with Crippen LogP contribution in [0.4, 0.5) is 10.5 Å². The minimum absolute atomic E-state index is 0.384. The molecule has 5 heteroatoms. The van der Waals surface area contributed by atoms with Crippen LogP contribution in [0, 0.1) is 18.3 Å². The first-order valence-electron chi connectivity index (χ1n) is 6.93. The molecule has 2 atom stereocenters. The van der Waals surface area contributed by atoms with Crippen LogP contribution >= 0.6 is 0 Å². The fourth-order valence-corrected chi connectivity index (χ4v) is 1.76. The second-order valence-corrected chi connectivity index (χ2v) is 6.06. The highest BCUT2D eigenvalue weighted by atomic mass is 16.6. The molecule has 0 saturated carbocycles. The zero-order chi connectivity index (χ0) is 16.0. The topological polar surface area (TPSA) is 74.2 Å². The van der Waals surface area contributed by atoms with Crippen LogP contribution in [-0.2, 0) is 4.74 Å². The number of aryl methyl sites for hydroxylation is 1. The average molecular weight is 289 g/mol. The van der Waals surface area contributed by atoms with Crippen molar-refractivity contribution in [2.24, 2.45) is 0 Å². The summed E-state index contributed by atoms with van der Waals surface area (Å²) in [7, 11) is 0. The molecule has 0 heterocycles. The summed E-state index contributed by atoms with van der Waals surface area (Å²) in [6.07, 6.45) is -0.527. The maximum Gasteiger partial charge on any atom is 0.407 e. The first-order valence-corrected chi connectivity index (χ1v) is 6.93. The van der Waals surface area contributed by atoms with Gasteiger partial charge in [-0.15, -0.1) is 0 Å². The summed E-state index contributed by atoms with van der Waals surface area (Å²) in [6.45, 7) is 9.13. The monoisotopic (exact) mass is 289 g/mol. The Morgan fingerprint density at radius 3 is 2.57 bits per heavy atom. The summed E-state index contributed by atoms with van der Waals surface area (Å²) in [6, 6.07) is 8.96. The van der Waals surface area contributed by atoms with Gasteiger partial charge in [0.05, 0.1) is 12.1 Å². The van der Waals surface area contributed by atoms with Crippen LogP contribution in [0.25, 0.3) is 0 Å². The molecule has 1 aromatic carbocycles. The van der Waals surface area contributed by atoms with E-state index in [0.717, 1.165) is 11.3 Å². The van der Waals surface area contributed by atoms with Crippen LogP contribution < -0.4 is 10.6 Å². The first-order chi connectivity index (χ1) is 9.71. The Labute approximate surface area is 126 Å². The summed E-state index contributed by atoms with van der Waals surface area (Å²) in [4.78, 5) is 11.7. The minimum Gasteiger partial charge on any atom is -0.444 e. The number of carbonyl (C=O) groups excluding carboxylic acids is 1. The number of nitrogens with zero attached hydrogens (tertiary/aromatic N) is 1. The van der Waals surface area contributed by atoms with Gasteiger partial charge in [0, 0.05) is 5.69 Å². The van der Waals surface area contributed by atoms with Gasteiger partial charge in [0.25, 0.3) is 0 Å². The highest BCUT2D eigenvalue weighted by Gasteiger charge is 2.22. The second kappa shape index (κ2) is 6.98. The van der Waals surface area contributed by atoms with E-state index < -0.39 is 17.7 Å². The lowest BCUT2D eigenvalue weighted by Gasteiger charge is -2.24. The van der Waals surface area contributed by atoms with Crippen molar-refractivity contribution in [2.45, 2.75) is 52.3 Å². The van der Waals surface area contributed by atoms with E-state index in [1.165, 1.54) is 0 Å². The van der Waals surface area contributed by atoms with Crippen molar-refractivity contribution in [2.75, 3.05) is 5.32 Å². The fraction of sp³-hybridized carbons (Fsp3) is 0.500. The Morgan fingerprint density at radius 2 is 2.05 bits per heavy atom. The molecule has 0 fully saturated rings. The third kappa shape index (κ3) is 6.17. The molecule has 0 aliphatic carbocycles. The molecular weight excluding hydrogens is 266 g/mol. The lowest BCUT2D eigenvalue weighted by atomic mass is 10.1. The van der Waals surface area contributed by atoms with E-state index in [-0.39, 0.29) is 6.04 Å². The van der Waals surface area contributed by atoms with Crippen LogP contribution in [0.2, 0.25) is 0 Å². The molecule has 0 radical (unpaired) electrons. The number of nitriles is 1. The summed E-state index contributed by atoms with van der Waals surface area (Å²) in [5.41, 5.74) is 1.39. The number of anilines is 1. The van der Waals surface area contributed by atoms with Gasteiger partial charge in [-0.1, -0.05) is 12.1 Å². The molecule has 0 aliphatic heterocycles. The molecule has 2 N–H and O–H groups in total. The Hall–Kier alpha value is -2.22. The highest BCUT2D eigenvalue weighted by Crippen LogP contribution is 2.12. The summed E-state index contributed by atoms with van der Waals surface area (Å²) >= 11 is 0. The lowest BCUT2D eigenvalue weighted by Crippen LogP contribution is -2.46. The van der Waals surface area contributed by atoms with Gasteiger partial charge in [0.2, 0.25) is 0 Å². The third-order valence-corrected chi connectivity index (χ3v) is 2.72. The van der Waals surface area contributed by atoms with Gasteiger partial charge < -0.3 is 15.4 Å². The van der Waals surface area contributed by atoms with Crippen LogP contribution in [0.15, 0.2) is 24.3 Å². The molecule has 0 aromatic heterocycles. The predicted molar refractivity (Wildman–Crippen MR) is 83.0 cm³/mol. The number of hydrogen-bond donors (Lipinski definition) is 2. The normalized spacial score (nSPS) is 13.7. The fourth-order valence-electron chi connectivity index (χ4n) is 1.76. The summed E-state index contributed by atoms with van der Waals surface area (Å²) in [5, 5.41) is 15.1. The number of hydrogen-bond acceptors (Lipinski definition) is 4. The molecular formula is C16H23N3O2. The number of alkyl carbamates (subject to hydrolysis) is 1. The van der Waals surface area contributed by atoms with Gasteiger partial charge in [-0.05, 0) is 52.3 Å². The first kappa shape index (κ1) is 16.8. The molecule has 5 nitrogen and oxygen atoms in total. The van der Waals surface area contributed by atoms with Gasteiger partial charge in [-0.3, -0.25) is 0 Å². The van der Waals surface area contributed by atoms with Crippen LogP contribution in [0.5, 0.6) is 0 Å². The van der Waals surface area contributed by atoms with Crippen molar-refractivity contribution >= 4 is 11.8 Å². The third-order valence-electron chi connectivity index (χ3n) is 2.72. The number of amides is 1. The predicted octanol–water partition coefficient (Wildman–Crippen LogP) is 3.21. The van der Waals surface area contributed by atoms with Crippen LogP contribution in [0.3, 0.4) is 0 Å². The maximum absolute atomic E-state index is 11.7. The Kier molecular flexibility index (Phi) is 5.60. The molecule has 1 amide bonds. The molecule has 0 saturated heterocycles. The van der Waals surface area contributed by atoms with Crippen molar-refractivity contribution < 1.29 is 9.53 Å². The SMILES string of the molecule is Cc1cccc(NC(C#N)C(C)NC(=O)OC(C)(C)C)c1. The van der Waals surface area contributed by atoms with Crippen molar-refractivity contribution in [1.29, 1.82) is 5.26 Å². The van der Waals surface area contributed by atoms with Gasteiger partial charge >= 0.3 is 6.09 Å². The van der Waals surface area contributed by atoms with E-state index >= 15 is 0 Å². The molecule has 1 rings (SSSR count). The molecule has 0 aliphatic rings. The van der Waals surface area contributed by atoms with Crippen molar-refractivity contribution in [1.82, 2.24) is 5.32 Å². The van der Waals surface area contributed by atoms with E-state index in [1.54, 1.807) is 27.7 Å². The molecule has 21 heavy (non-hydrogen) atoms. The van der Waals surface area contributed by atoms with Crippen LogP contribution in [-0.4, -0.2) is 23.8 Å². The van der Waals surface area contributed by atoms with Gasteiger partial charge in [0.1, 0.15) is 11.6 Å². The number of nitrogens with one attached hydrogen (secondary N) is 2. The van der Waals surface area contributed by atoms with E-state index in [0.29, 0.717) is 0 Å². The average Bonchev–Trinajstić information content (AvgIpc) is 2.33. The quantitative estimate of drug-likeness (QED) is 0.892. The lowest BCUT2D eigenvalue weighted by molar-refractivity contribution is 0.0507. The van der Waals surface area contributed by atoms with E-state index in [9.17, 15) is 10.1 Å². The second-order valence-electron chi connectivity index (χ2n) is 6.06. The minimum atomic E-state index is -0.560. The van der Waals surface area contributed by atoms with Crippen LogP contribution in [0.1, 0.15) is 33.3 Å². The van der Waals surface area contributed by atoms with Gasteiger partial charge in [0.15, 0.2) is 0 Å². The van der Waals surface area contributed by atoms with Gasteiger partial charge in [-0.2, -0.15) is 5.26 Å². The Balaban J connectivity index is 2.64. The Morgan fingerprint density at radius 1 is 1.38 bits per heavy atom. The molecule has 0 bridgehead atoms. The molecule has 114 valence electrons. The zero-order valence-corrected chi connectivity index (χ0v) is 13.2. The molecule has 2 unspecified atom stereocenters. The number of rotatable bonds is 4. The summed E-state index contributed by atoms with van der Waals surface area (Å²) < 4.78 is 5.19. The standard InChI is InChI=1S/C16H23N3O2/c1-11-7-6-8-13(9-11)19-14(10-17)12(2)18-15(20)21-16(3,4)5/h6-9,12,14,19H,1-5H3,(H,18,20).